The molecule has 1 aliphatic rings. The van der Waals surface area contributed by atoms with E-state index in [9.17, 15) is 0 Å². The van der Waals surface area contributed by atoms with Gasteiger partial charge in [0.05, 0.1) is 0 Å². The molecular weight excluding hydrogens is 294 g/mol. The molecule has 0 atom stereocenters. The summed E-state index contributed by atoms with van der Waals surface area (Å²) in [6, 6.07) is 28.9. The van der Waals surface area contributed by atoms with Crippen molar-refractivity contribution >= 4 is 17.2 Å². The first-order valence-corrected chi connectivity index (χ1v) is 7.98. The molecule has 3 aromatic rings. The van der Waals surface area contributed by atoms with Crippen molar-refractivity contribution in [1.29, 1.82) is 0 Å². The first-order chi connectivity index (χ1) is 11.9. The average molecular weight is 311 g/mol. The maximum Gasteiger partial charge on any atom is 0.222 e. The van der Waals surface area contributed by atoms with Crippen LogP contribution in [0.2, 0.25) is 0 Å². The summed E-state index contributed by atoms with van der Waals surface area (Å²) in [7, 11) is 1.76. The zero-order chi connectivity index (χ0) is 16.4. The van der Waals surface area contributed by atoms with Crippen LogP contribution in [0.1, 0.15) is 22.3 Å². The molecule has 0 amide bonds. The molecule has 0 unspecified atom stereocenters. The van der Waals surface area contributed by atoms with Crippen LogP contribution in [-0.2, 0) is 4.74 Å². The summed E-state index contributed by atoms with van der Waals surface area (Å²) in [6.45, 7) is 0. The van der Waals surface area contributed by atoms with E-state index in [2.05, 4.69) is 65.7 Å². The van der Waals surface area contributed by atoms with Crippen molar-refractivity contribution in [2.75, 3.05) is 7.05 Å². The Bertz CT molecular complexity index is 883. The van der Waals surface area contributed by atoms with Crippen LogP contribution in [0.25, 0.3) is 11.3 Å². The summed E-state index contributed by atoms with van der Waals surface area (Å²) >= 11 is 0. The molecule has 1 heterocycles. The van der Waals surface area contributed by atoms with E-state index in [1.54, 1.807) is 7.05 Å². The van der Waals surface area contributed by atoms with Crippen molar-refractivity contribution in [3.63, 3.8) is 0 Å². The Morgan fingerprint density at radius 3 is 1.71 bits per heavy atom. The number of nitrogens with zero attached hydrogens (tertiary/aromatic N) is 1. The molecular formula is C22H17NO. The minimum atomic E-state index is 0.671. The van der Waals surface area contributed by atoms with E-state index in [0.29, 0.717) is 5.90 Å². The predicted molar refractivity (Wildman–Crippen MR) is 98.8 cm³/mol. The SMILES string of the molecule is CN=C1OC(=C(c2ccccc2)c2ccccc2)c2ccccc21. The number of rotatable bonds is 2. The summed E-state index contributed by atoms with van der Waals surface area (Å²) in [6.07, 6.45) is 0. The summed E-state index contributed by atoms with van der Waals surface area (Å²) in [4.78, 5) is 4.31. The zero-order valence-electron chi connectivity index (χ0n) is 13.4. The van der Waals surface area contributed by atoms with E-state index < -0.39 is 0 Å². The van der Waals surface area contributed by atoms with Crippen LogP contribution in [-0.4, -0.2) is 12.9 Å². The second-order valence-electron chi connectivity index (χ2n) is 5.61. The Morgan fingerprint density at radius 2 is 1.17 bits per heavy atom. The largest absolute Gasteiger partial charge is 0.437 e. The topological polar surface area (TPSA) is 21.6 Å². The number of hydrogen-bond donors (Lipinski definition) is 0. The van der Waals surface area contributed by atoms with Gasteiger partial charge >= 0.3 is 0 Å². The number of hydrogen-bond acceptors (Lipinski definition) is 2. The van der Waals surface area contributed by atoms with Crippen molar-refractivity contribution in [3.05, 3.63) is 107 Å². The quantitative estimate of drug-likeness (QED) is 0.652. The van der Waals surface area contributed by atoms with E-state index in [-0.39, 0.29) is 0 Å². The molecule has 0 radical (unpaired) electrons. The Kier molecular flexibility index (Phi) is 3.72. The van der Waals surface area contributed by atoms with Crippen molar-refractivity contribution in [2.24, 2.45) is 4.99 Å². The normalized spacial score (nSPS) is 14.4. The van der Waals surface area contributed by atoms with E-state index in [0.717, 1.165) is 33.6 Å². The highest BCUT2D eigenvalue weighted by atomic mass is 16.5. The monoisotopic (exact) mass is 311 g/mol. The maximum absolute atomic E-state index is 6.18. The van der Waals surface area contributed by atoms with Gasteiger partial charge in [0.2, 0.25) is 5.90 Å². The predicted octanol–water partition coefficient (Wildman–Crippen LogP) is 5.01. The molecule has 0 saturated carbocycles. The third-order valence-electron chi connectivity index (χ3n) is 4.16. The van der Waals surface area contributed by atoms with Crippen LogP contribution in [0.4, 0.5) is 0 Å². The van der Waals surface area contributed by atoms with Crippen LogP contribution in [0, 0.1) is 0 Å². The lowest BCUT2D eigenvalue weighted by molar-refractivity contribution is 0.526. The van der Waals surface area contributed by atoms with E-state index in [4.69, 9.17) is 4.74 Å². The van der Waals surface area contributed by atoms with Gasteiger partial charge in [0.1, 0.15) is 5.76 Å². The van der Waals surface area contributed by atoms with E-state index in [1.807, 2.05) is 24.3 Å². The van der Waals surface area contributed by atoms with Gasteiger partial charge in [-0.05, 0) is 17.2 Å². The summed E-state index contributed by atoms with van der Waals surface area (Å²) in [5.74, 6) is 1.54. The summed E-state index contributed by atoms with van der Waals surface area (Å²) in [5.41, 5.74) is 5.47. The molecule has 1 aliphatic heterocycles. The van der Waals surface area contributed by atoms with Gasteiger partial charge in [0.25, 0.3) is 0 Å². The molecule has 4 rings (SSSR count). The molecule has 24 heavy (non-hydrogen) atoms. The molecule has 0 aliphatic carbocycles. The fourth-order valence-electron chi connectivity index (χ4n) is 3.06. The van der Waals surface area contributed by atoms with Crippen molar-refractivity contribution in [2.45, 2.75) is 0 Å². The van der Waals surface area contributed by atoms with Crippen LogP contribution >= 0.6 is 0 Å². The van der Waals surface area contributed by atoms with Crippen molar-refractivity contribution in [1.82, 2.24) is 0 Å². The van der Waals surface area contributed by atoms with Gasteiger partial charge in [-0.3, -0.25) is 4.99 Å². The second kappa shape index (κ2) is 6.17. The van der Waals surface area contributed by atoms with Gasteiger partial charge in [-0.2, -0.15) is 0 Å². The highest BCUT2D eigenvalue weighted by Gasteiger charge is 2.27. The first-order valence-electron chi connectivity index (χ1n) is 7.98. The molecule has 3 aromatic carbocycles. The molecule has 0 aromatic heterocycles. The Hall–Kier alpha value is -3.13. The molecule has 0 fully saturated rings. The van der Waals surface area contributed by atoms with Crippen LogP contribution in [0.3, 0.4) is 0 Å². The molecule has 0 spiro atoms. The third-order valence-corrected chi connectivity index (χ3v) is 4.16. The van der Waals surface area contributed by atoms with Crippen LogP contribution < -0.4 is 0 Å². The van der Waals surface area contributed by atoms with E-state index in [1.165, 1.54) is 0 Å². The van der Waals surface area contributed by atoms with E-state index >= 15 is 0 Å². The smallest absolute Gasteiger partial charge is 0.222 e. The fourth-order valence-corrected chi connectivity index (χ4v) is 3.06. The van der Waals surface area contributed by atoms with Gasteiger partial charge in [0, 0.05) is 23.7 Å². The van der Waals surface area contributed by atoms with Crippen molar-refractivity contribution in [3.8, 4) is 0 Å². The third kappa shape index (κ3) is 2.42. The van der Waals surface area contributed by atoms with Crippen LogP contribution in [0.5, 0.6) is 0 Å². The summed E-state index contributed by atoms with van der Waals surface area (Å²) in [5, 5.41) is 0. The fraction of sp³-hybridized carbons (Fsp3) is 0.0455. The number of benzene rings is 3. The van der Waals surface area contributed by atoms with Crippen molar-refractivity contribution < 1.29 is 4.74 Å². The lowest BCUT2D eigenvalue weighted by Crippen LogP contribution is -1.97. The number of ether oxygens (including phenoxy) is 1. The molecule has 0 saturated heterocycles. The lowest BCUT2D eigenvalue weighted by atomic mass is 9.94. The lowest BCUT2D eigenvalue weighted by Gasteiger charge is -2.12. The maximum atomic E-state index is 6.18. The van der Waals surface area contributed by atoms with Gasteiger partial charge < -0.3 is 4.74 Å². The minimum Gasteiger partial charge on any atom is -0.437 e. The highest BCUT2D eigenvalue weighted by Crippen LogP contribution is 2.39. The highest BCUT2D eigenvalue weighted by molar-refractivity contribution is 6.12. The van der Waals surface area contributed by atoms with Gasteiger partial charge in [-0.25, -0.2) is 0 Å². The number of fused-ring (bicyclic) bond motifs is 1. The standard InChI is InChI=1S/C22H17NO/c1-23-22-19-15-9-8-14-18(19)21(24-22)20(16-10-4-2-5-11-16)17-12-6-3-7-13-17/h2-15H,1H3. The Balaban J connectivity index is 2.03. The molecule has 116 valence electrons. The van der Waals surface area contributed by atoms with Gasteiger partial charge in [-0.1, -0.05) is 78.9 Å². The summed E-state index contributed by atoms with van der Waals surface area (Å²) < 4.78 is 6.18. The average Bonchev–Trinajstić information content (AvgIpc) is 3.03. The molecule has 2 heteroatoms. The molecule has 0 bridgehead atoms. The minimum absolute atomic E-state index is 0.671. The first kappa shape index (κ1) is 14.5. The Labute approximate surface area is 141 Å². The van der Waals surface area contributed by atoms with Gasteiger partial charge in [-0.15, -0.1) is 0 Å². The second-order valence-corrected chi connectivity index (χ2v) is 5.61. The molecule has 2 nitrogen and oxygen atoms in total. The van der Waals surface area contributed by atoms with Gasteiger partial charge in [0.15, 0.2) is 0 Å². The Morgan fingerprint density at radius 1 is 0.667 bits per heavy atom. The number of aliphatic imine (C=N–C) groups is 1. The van der Waals surface area contributed by atoms with Crippen LogP contribution in [0.15, 0.2) is 89.9 Å². The zero-order valence-corrected chi connectivity index (χ0v) is 13.4. The molecule has 0 N–H and O–H groups in total.